The zero-order valence-corrected chi connectivity index (χ0v) is 12.1. The fraction of sp³-hybridized carbons (Fsp3) is 0.312. The minimum atomic E-state index is -4.45. The molecule has 2 heterocycles. The van der Waals surface area contributed by atoms with Gasteiger partial charge in [0.1, 0.15) is 11.8 Å². The number of hydrogen-bond donors (Lipinski definition) is 1. The number of aromatic amines is 1. The number of hydrogen-bond acceptors (Lipinski definition) is 2. The first-order valence-electron chi connectivity index (χ1n) is 7.17. The molecule has 1 aliphatic heterocycles. The van der Waals surface area contributed by atoms with Crippen LogP contribution in [0.15, 0.2) is 42.6 Å². The van der Waals surface area contributed by atoms with E-state index in [1.54, 1.807) is 24.4 Å². The van der Waals surface area contributed by atoms with Gasteiger partial charge in [-0.25, -0.2) is 0 Å². The van der Waals surface area contributed by atoms with Gasteiger partial charge in [0.15, 0.2) is 0 Å². The maximum absolute atomic E-state index is 13.1. The number of nitrogens with one attached hydrogen (secondary N) is 1. The number of benzene rings is 1. The number of aromatic nitrogens is 1. The first-order chi connectivity index (χ1) is 11.0. The van der Waals surface area contributed by atoms with Gasteiger partial charge in [-0.1, -0.05) is 18.2 Å². The predicted octanol–water partition coefficient (Wildman–Crippen LogP) is 3.25. The molecule has 0 aliphatic carbocycles. The van der Waals surface area contributed by atoms with Crippen LogP contribution in [0.2, 0.25) is 0 Å². The summed E-state index contributed by atoms with van der Waals surface area (Å²) in [7, 11) is 0. The van der Waals surface area contributed by atoms with E-state index in [1.165, 1.54) is 17.0 Å². The normalized spacial score (nSPS) is 18.9. The van der Waals surface area contributed by atoms with Crippen molar-refractivity contribution in [2.45, 2.75) is 12.3 Å². The van der Waals surface area contributed by atoms with E-state index in [0.29, 0.717) is 12.2 Å². The summed E-state index contributed by atoms with van der Waals surface area (Å²) in [6.07, 6.45) is -3.61. The number of morpholine rings is 1. The maximum atomic E-state index is 13.1. The zero-order valence-electron chi connectivity index (χ0n) is 12.1. The summed E-state index contributed by atoms with van der Waals surface area (Å²) in [5.74, 6) is -0.243. The highest BCUT2D eigenvalue weighted by Crippen LogP contribution is 2.36. The second kappa shape index (κ2) is 6.08. The van der Waals surface area contributed by atoms with Crippen molar-refractivity contribution in [1.82, 2.24) is 9.88 Å². The number of halogens is 3. The number of ether oxygens (including phenoxy) is 1. The molecule has 3 rings (SSSR count). The fourth-order valence-corrected chi connectivity index (χ4v) is 2.69. The Morgan fingerprint density at radius 3 is 2.70 bits per heavy atom. The van der Waals surface area contributed by atoms with Crippen LogP contribution in [-0.4, -0.2) is 35.5 Å². The van der Waals surface area contributed by atoms with Crippen LogP contribution in [-0.2, 0) is 10.9 Å². The third-order valence-corrected chi connectivity index (χ3v) is 3.80. The minimum Gasteiger partial charge on any atom is -0.370 e. The van der Waals surface area contributed by atoms with Gasteiger partial charge in [0.05, 0.1) is 18.7 Å². The number of nitrogens with zero attached hydrogens (tertiary/aromatic N) is 1. The molecule has 1 amide bonds. The Kier molecular flexibility index (Phi) is 4.12. The number of rotatable bonds is 2. The van der Waals surface area contributed by atoms with Crippen molar-refractivity contribution in [3.05, 3.63) is 59.4 Å². The lowest BCUT2D eigenvalue weighted by Crippen LogP contribution is -2.42. The molecule has 2 aromatic rings. The Morgan fingerprint density at radius 2 is 2.00 bits per heavy atom. The molecule has 1 fully saturated rings. The van der Waals surface area contributed by atoms with E-state index in [9.17, 15) is 18.0 Å². The molecule has 1 saturated heterocycles. The molecule has 4 nitrogen and oxygen atoms in total. The van der Waals surface area contributed by atoms with Gasteiger partial charge in [0, 0.05) is 12.7 Å². The second-order valence-corrected chi connectivity index (χ2v) is 5.28. The molecule has 1 N–H and O–H groups in total. The first-order valence-corrected chi connectivity index (χ1v) is 7.17. The summed E-state index contributed by atoms with van der Waals surface area (Å²) < 4.78 is 44.9. The Bertz CT molecular complexity index is 683. The van der Waals surface area contributed by atoms with E-state index in [0.717, 1.165) is 6.07 Å². The SMILES string of the molecule is O=C(c1ccc[nH]1)N1CCO[C@@H](c2ccccc2C(F)(F)F)C1. The van der Waals surface area contributed by atoms with Crippen molar-refractivity contribution in [3.63, 3.8) is 0 Å². The van der Waals surface area contributed by atoms with Crippen molar-refractivity contribution >= 4 is 5.91 Å². The molecule has 0 radical (unpaired) electrons. The molecule has 23 heavy (non-hydrogen) atoms. The largest absolute Gasteiger partial charge is 0.416 e. The average Bonchev–Trinajstić information content (AvgIpc) is 3.08. The Labute approximate surface area is 130 Å². The summed E-state index contributed by atoms with van der Waals surface area (Å²) in [4.78, 5) is 16.7. The highest BCUT2D eigenvalue weighted by molar-refractivity contribution is 5.92. The van der Waals surface area contributed by atoms with E-state index in [2.05, 4.69) is 4.98 Å². The van der Waals surface area contributed by atoms with Crippen molar-refractivity contribution in [2.24, 2.45) is 0 Å². The van der Waals surface area contributed by atoms with E-state index in [4.69, 9.17) is 4.74 Å². The molecule has 122 valence electrons. The molecular weight excluding hydrogens is 309 g/mol. The monoisotopic (exact) mass is 324 g/mol. The van der Waals surface area contributed by atoms with Crippen LogP contribution < -0.4 is 0 Å². The van der Waals surface area contributed by atoms with Crippen molar-refractivity contribution in [3.8, 4) is 0 Å². The maximum Gasteiger partial charge on any atom is 0.416 e. The molecule has 1 aromatic heterocycles. The lowest BCUT2D eigenvalue weighted by Gasteiger charge is -2.34. The van der Waals surface area contributed by atoms with Crippen molar-refractivity contribution < 1.29 is 22.7 Å². The number of alkyl halides is 3. The van der Waals surface area contributed by atoms with Crippen LogP contribution in [0.5, 0.6) is 0 Å². The predicted molar refractivity (Wildman–Crippen MR) is 76.8 cm³/mol. The van der Waals surface area contributed by atoms with Crippen molar-refractivity contribution in [1.29, 1.82) is 0 Å². The van der Waals surface area contributed by atoms with Gasteiger partial charge in [-0.05, 0) is 23.8 Å². The highest BCUT2D eigenvalue weighted by Gasteiger charge is 2.37. The second-order valence-electron chi connectivity index (χ2n) is 5.28. The number of carbonyl (C=O) groups is 1. The number of carbonyl (C=O) groups excluding carboxylic acids is 1. The third-order valence-electron chi connectivity index (χ3n) is 3.80. The summed E-state index contributed by atoms with van der Waals surface area (Å²) in [6, 6.07) is 8.65. The number of amides is 1. The van der Waals surface area contributed by atoms with Gasteiger partial charge >= 0.3 is 6.18 Å². The zero-order chi connectivity index (χ0) is 16.4. The molecule has 1 aliphatic rings. The van der Waals surface area contributed by atoms with E-state index >= 15 is 0 Å². The summed E-state index contributed by atoms with van der Waals surface area (Å²) >= 11 is 0. The molecular formula is C16H15F3N2O2. The molecule has 0 bridgehead atoms. The smallest absolute Gasteiger partial charge is 0.370 e. The lowest BCUT2D eigenvalue weighted by molar-refractivity contribution is -0.140. The van der Waals surface area contributed by atoms with E-state index in [-0.39, 0.29) is 24.6 Å². The molecule has 7 heteroatoms. The van der Waals surface area contributed by atoms with Crippen LogP contribution >= 0.6 is 0 Å². The first kappa shape index (κ1) is 15.6. The van der Waals surface area contributed by atoms with Crippen LogP contribution in [0.25, 0.3) is 0 Å². The number of H-pyrrole nitrogens is 1. The molecule has 0 saturated carbocycles. The van der Waals surface area contributed by atoms with Gasteiger partial charge in [-0.15, -0.1) is 0 Å². The topological polar surface area (TPSA) is 45.3 Å². The van der Waals surface area contributed by atoms with Crippen LogP contribution in [0, 0.1) is 0 Å². The van der Waals surface area contributed by atoms with Crippen molar-refractivity contribution in [2.75, 3.05) is 19.7 Å². The quantitative estimate of drug-likeness (QED) is 0.922. The molecule has 1 aromatic carbocycles. The van der Waals surface area contributed by atoms with Gasteiger partial charge in [-0.3, -0.25) is 4.79 Å². The fourth-order valence-electron chi connectivity index (χ4n) is 2.69. The Morgan fingerprint density at radius 1 is 1.22 bits per heavy atom. The third kappa shape index (κ3) is 3.24. The van der Waals surface area contributed by atoms with Gasteiger partial charge in [-0.2, -0.15) is 13.2 Å². The molecule has 0 spiro atoms. The molecule has 1 atom stereocenters. The van der Waals surface area contributed by atoms with Crippen LogP contribution in [0.3, 0.4) is 0 Å². The molecule has 0 unspecified atom stereocenters. The van der Waals surface area contributed by atoms with Gasteiger partial charge in [0.2, 0.25) is 0 Å². The van der Waals surface area contributed by atoms with Crippen LogP contribution in [0.4, 0.5) is 13.2 Å². The average molecular weight is 324 g/mol. The van der Waals surface area contributed by atoms with Gasteiger partial charge in [0.25, 0.3) is 5.91 Å². The summed E-state index contributed by atoms with van der Waals surface area (Å²) in [5, 5.41) is 0. The standard InChI is InChI=1S/C16H15F3N2O2/c17-16(18,19)12-5-2-1-4-11(12)14-10-21(8-9-23-14)15(22)13-6-3-7-20-13/h1-7,14,20H,8-10H2/t14-/m1/s1. The van der Waals surface area contributed by atoms with Crippen LogP contribution in [0.1, 0.15) is 27.7 Å². The minimum absolute atomic E-state index is 0.0592. The Hall–Kier alpha value is -2.28. The summed E-state index contributed by atoms with van der Waals surface area (Å²) in [5.41, 5.74) is -0.252. The summed E-state index contributed by atoms with van der Waals surface area (Å²) in [6.45, 7) is 0.636. The van der Waals surface area contributed by atoms with E-state index < -0.39 is 17.8 Å². The van der Waals surface area contributed by atoms with E-state index in [1.807, 2.05) is 0 Å². The highest BCUT2D eigenvalue weighted by atomic mass is 19.4. The van der Waals surface area contributed by atoms with Gasteiger partial charge < -0.3 is 14.6 Å². The lowest BCUT2D eigenvalue weighted by atomic mass is 10.0. The Balaban J connectivity index is 1.84.